The van der Waals surface area contributed by atoms with Crippen LogP contribution >= 0.6 is 11.8 Å². The van der Waals surface area contributed by atoms with Gasteiger partial charge in [0, 0.05) is 11.4 Å². The molecule has 3 aromatic rings. The van der Waals surface area contributed by atoms with E-state index in [-0.39, 0.29) is 23.3 Å². The highest BCUT2D eigenvalue weighted by atomic mass is 32.2. The highest BCUT2D eigenvalue weighted by molar-refractivity contribution is 8.00. The number of ether oxygens (including phenoxy) is 1. The third-order valence-corrected chi connectivity index (χ3v) is 5.59. The molecule has 5 nitrogen and oxygen atoms in total. The first-order chi connectivity index (χ1) is 15.1. The molecule has 0 spiro atoms. The molecule has 0 unspecified atom stereocenters. The van der Waals surface area contributed by atoms with Gasteiger partial charge in [-0.15, -0.1) is 11.8 Å². The molecule has 0 atom stereocenters. The topological polar surface area (TPSA) is 67.4 Å². The molecule has 0 radical (unpaired) electrons. The van der Waals surface area contributed by atoms with Gasteiger partial charge in [0.2, 0.25) is 11.8 Å². The maximum atomic E-state index is 12.2. The van der Waals surface area contributed by atoms with E-state index in [0.29, 0.717) is 12.3 Å². The Kier molecular flexibility index (Phi) is 8.79. The lowest BCUT2D eigenvalue weighted by Gasteiger charge is -2.09. The molecule has 6 heteroatoms. The number of benzene rings is 3. The predicted molar refractivity (Wildman–Crippen MR) is 130 cm³/mol. The number of hydrogen-bond donors (Lipinski definition) is 2. The van der Waals surface area contributed by atoms with Crippen LogP contribution in [0.15, 0.2) is 66.7 Å². The van der Waals surface area contributed by atoms with Crippen LogP contribution in [0.5, 0.6) is 5.75 Å². The molecule has 0 saturated heterocycles. The molecule has 0 saturated carbocycles. The summed E-state index contributed by atoms with van der Waals surface area (Å²) in [4.78, 5) is 24.3. The zero-order valence-corrected chi connectivity index (χ0v) is 18.5. The van der Waals surface area contributed by atoms with E-state index in [4.69, 9.17) is 4.74 Å². The minimum absolute atomic E-state index is 0.127. The third-order valence-electron chi connectivity index (χ3n) is 4.65. The van der Waals surface area contributed by atoms with Crippen LogP contribution in [0.25, 0.3) is 10.8 Å². The van der Waals surface area contributed by atoms with Crippen molar-refractivity contribution in [1.82, 2.24) is 0 Å². The molecule has 3 rings (SSSR count). The first-order valence-corrected chi connectivity index (χ1v) is 11.7. The number of hydrogen-bond acceptors (Lipinski definition) is 4. The van der Waals surface area contributed by atoms with Gasteiger partial charge in [0.05, 0.1) is 18.1 Å². The van der Waals surface area contributed by atoms with Gasteiger partial charge in [-0.2, -0.15) is 0 Å². The van der Waals surface area contributed by atoms with Crippen LogP contribution in [0.2, 0.25) is 0 Å². The van der Waals surface area contributed by atoms with Crippen molar-refractivity contribution < 1.29 is 14.3 Å². The Bertz CT molecular complexity index is 1010. The first-order valence-electron chi connectivity index (χ1n) is 10.5. The Morgan fingerprint density at radius 3 is 2.16 bits per heavy atom. The molecular formula is C25H28N2O3S. The quantitative estimate of drug-likeness (QED) is 0.377. The Balaban J connectivity index is 1.36. The summed E-state index contributed by atoms with van der Waals surface area (Å²) in [7, 11) is 0. The molecule has 3 aromatic carbocycles. The van der Waals surface area contributed by atoms with Gasteiger partial charge in [0.15, 0.2) is 0 Å². The molecule has 0 aromatic heterocycles. The Labute approximate surface area is 187 Å². The van der Waals surface area contributed by atoms with Crippen LogP contribution in [0.3, 0.4) is 0 Å². The number of unbranched alkanes of at least 4 members (excludes halogenated alkanes) is 2. The summed E-state index contributed by atoms with van der Waals surface area (Å²) in [5.74, 6) is 0.956. The molecule has 162 valence electrons. The van der Waals surface area contributed by atoms with E-state index in [9.17, 15) is 9.59 Å². The molecule has 0 aliphatic rings. The van der Waals surface area contributed by atoms with Gasteiger partial charge in [-0.1, -0.05) is 50.1 Å². The monoisotopic (exact) mass is 436 g/mol. The Hall–Kier alpha value is -2.99. The maximum absolute atomic E-state index is 12.2. The van der Waals surface area contributed by atoms with Crippen molar-refractivity contribution in [3.05, 3.63) is 66.7 Å². The molecule has 2 amide bonds. The van der Waals surface area contributed by atoms with Crippen molar-refractivity contribution in [2.45, 2.75) is 26.2 Å². The second-order valence-electron chi connectivity index (χ2n) is 7.23. The minimum atomic E-state index is -0.139. The predicted octanol–water partition coefficient (Wildman–Crippen LogP) is 5.72. The average Bonchev–Trinajstić information content (AvgIpc) is 2.78. The summed E-state index contributed by atoms with van der Waals surface area (Å²) in [5, 5.41) is 7.93. The molecule has 0 fully saturated rings. The first kappa shape index (κ1) is 22.7. The van der Waals surface area contributed by atoms with E-state index in [1.807, 2.05) is 66.7 Å². The second-order valence-corrected chi connectivity index (χ2v) is 8.22. The van der Waals surface area contributed by atoms with Gasteiger partial charge in [-0.3, -0.25) is 9.59 Å². The largest absolute Gasteiger partial charge is 0.494 e. The smallest absolute Gasteiger partial charge is 0.234 e. The van der Waals surface area contributed by atoms with Crippen molar-refractivity contribution in [3.8, 4) is 5.75 Å². The Morgan fingerprint density at radius 1 is 0.806 bits per heavy atom. The summed E-state index contributed by atoms with van der Waals surface area (Å²) in [6.45, 7) is 2.87. The van der Waals surface area contributed by atoms with Crippen LogP contribution in [-0.2, 0) is 9.59 Å². The SMILES string of the molecule is CCCCCOc1ccc(NC(=O)CSCC(=O)Nc2ccc3ccccc3c2)cc1. The highest BCUT2D eigenvalue weighted by Gasteiger charge is 2.07. The van der Waals surface area contributed by atoms with E-state index in [1.165, 1.54) is 11.8 Å². The number of rotatable bonds is 11. The van der Waals surface area contributed by atoms with Crippen LogP contribution in [0.1, 0.15) is 26.2 Å². The third kappa shape index (κ3) is 7.64. The van der Waals surface area contributed by atoms with Gasteiger partial charge in [-0.05, 0) is 53.6 Å². The lowest BCUT2D eigenvalue weighted by atomic mass is 10.1. The molecule has 31 heavy (non-hydrogen) atoms. The van der Waals surface area contributed by atoms with E-state index in [2.05, 4.69) is 17.6 Å². The molecule has 2 N–H and O–H groups in total. The van der Waals surface area contributed by atoms with Crippen LogP contribution < -0.4 is 15.4 Å². The molecule has 0 aliphatic carbocycles. The standard InChI is InChI=1S/C25H28N2O3S/c1-2-3-6-15-30-23-13-11-21(12-14-23)26-24(28)17-31-18-25(29)27-22-10-9-19-7-4-5-8-20(19)16-22/h4-5,7-14,16H,2-3,6,15,17-18H2,1H3,(H,26,28)(H,27,29). The van der Waals surface area contributed by atoms with Crippen molar-refractivity contribution in [2.75, 3.05) is 28.7 Å². The lowest BCUT2D eigenvalue weighted by molar-refractivity contribution is -0.114. The van der Waals surface area contributed by atoms with Gasteiger partial charge < -0.3 is 15.4 Å². The van der Waals surface area contributed by atoms with E-state index >= 15 is 0 Å². The molecule has 0 aliphatic heterocycles. The van der Waals surface area contributed by atoms with E-state index in [1.54, 1.807) is 0 Å². The van der Waals surface area contributed by atoms with Crippen molar-refractivity contribution in [2.24, 2.45) is 0 Å². The zero-order chi connectivity index (χ0) is 21.9. The summed E-state index contributed by atoms with van der Waals surface area (Å²) in [6, 6.07) is 21.2. The fourth-order valence-electron chi connectivity index (χ4n) is 3.07. The van der Waals surface area contributed by atoms with Crippen LogP contribution in [0, 0.1) is 0 Å². The number of fused-ring (bicyclic) bond motifs is 1. The normalized spacial score (nSPS) is 10.6. The second kappa shape index (κ2) is 12.0. The Morgan fingerprint density at radius 2 is 1.45 bits per heavy atom. The fraction of sp³-hybridized carbons (Fsp3) is 0.280. The zero-order valence-electron chi connectivity index (χ0n) is 17.7. The number of thioether (sulfide) groups is 1. The number of anilines is 2. The van der Waals surface area contributed by atoms with Crippen molar-refractivity contribution in [1.29, 1.82) is 0 Å². The van der Waals surface area contributed by atoms with Gasteiger partial charge >= 0.3 is 0 Å². The fourth-order valence-corrected chi connectivity index (χ4v) is 3.69. The summed E-state index contributed by atoms with van der Waals surface area (Å²) in [6.07, 6.45) is 3.37. The molecule has 0 bridgehead atoms. The van der Waals surface area contributed by atoms with E-state index < -0.39 is 0 Å². The van der Waals surface area contributed by atoms with Gasteiger partial charge in [0.25, 0.3) is 0 Å². The van der Waals surface area contributed by atoms with Crippen molar-refractivity contribution >= 4 is 45.7 Å². The highest BCUT2D eigenvalue weighted by Crippen LogP contribution is 2.19. The van der Waals surface area contributed by atoms with Crippen LogP contribution in [0.4, 0.5) is 11.4 Å². The minimum Gasteiger partial charge on any atom is -0.494 e. The van der Waals surface area contributed by atoms with Crippen LogP contribution in [-0.4, -0.2) is 29.9 Å². The molecule has 0 heterocycles. The maximum Gasteiger partial charge on any atom is 0.234 e. The number of nitrogens with one attached hydrogen (secondary N) is 2. The summed E-state index contributed by atoms with van der Waals surface area (Å²) in [5.41, 5.74) is 1.47. The van der Waals surface area contributed by atoms with Crippen molar-refractivity contribution in [3.63, 3.8) is 0 Å². The van der Waals surface area contributed by atoms with Gasteiger partial charge in [-0.25, -0.2) is 0 Å². The average molecular weight is 437 g/mol. The van der Waals surface area contributed by atoms with E-state index in [0.717, 1.165) is 41.5 Å². The number of carbonyl (C=O) groups is 2. The summed E-state index contributed by atoms with van der Waals surface area (Å²) >= 11 is 1.28. The number of carbonyl (C=O) groups excluding carboxylic acids is 2. The molecular weight excluding hydrogens is 408 g/mol. The van der Waals surface area contributed by atoms with Gasteiger partial charge in [0.1, 0.15) is 5.75 Å². The number of amides is 2. The summed E-state index contributed by atoms with van der Waals surface area (Å²) < 4.78 is 5.67. The lowest BCUT2D eigenvalue weighted by Crippen LogP contribution is -2.18.